The Morgan fingerprint density at radius 3 is 2.42 bits per heavy atom. The highest BCUT2D eigenvalue weighted by Gasteiger charge is 2.45. The van der Waals surface area contributed by atoms with E-state index in [2.05, 4.69) is 73.0 Å². The highest BCUT2D eigenvalue weighted by atomic mass is 15.1. The number of hydrogen-bond acceptors (Lipinski definition) is 1. The quantitative estimate of drug-likeness (QED) is 0.407. The molecular weight excluding hydrogens is 316 g/mol. The Bertz CT molecular complexity index is 1010. The smallest absolute Gasteiger partial charge is 0.210 e. The molecule has 2 nitrogen and oxygen atoms in total. The van der Waals surface area contributed by atoms with Crippen LogP contribution >= 0.6 is 0 Å². The molecule has 0 bridgehead atoms. The van der Waals surface area contributed by atoms with Crippen molar-refractivity contribution in [2.24, 2.45) is 4.99 Å². The molecule has 0 atom stereocenters. The zero-order valence-corrected chi connectivity index (χ0v) is 15.7. The van der Waals surface area contributed by atoms with E-state index in [9.17, 15) is 0 Å². The zero-order valence-electron chi connectivity index (χ0n) is 15.7. The van der Waals surface area contributed by atoms with E-state index in [4.69, 9.17) is 0 Å². The van der Waals surface area contributed by atoms with Crippen LogP contribution in [0.3, 0.4) is 0 Å². The maximum Gasteiger partial charge on any atom is 0.210 e. The van der Waals surface area contributed by atoms with E-state index in [-0.39, 0.29) is 5.41 Å². The highest BCUT2D eigenvalue weighted by molar-refractivity contribution is 6.06. The summed E-state index contributed by atoms with van der Waals surface area (Å²) in [4.78, 5) is 4.66. The summed E-state index contributed by atoms with van der Waals surface area (Å²) in [7, 11) is 0. The first-order valence-electron chi connectivity index (χ1n) is 9.36. The fourth-order valence-corrected chi connectivity index (χ4v) is 4.25. The summed E-state index contributed by atoms with van der Waals surface area (Å²) >= 11 is 0. The molecule has 26 heavy (non-hydrogen) atoms. The lowest BCUT2D eigenvalue weighted by Crippen LogP contribution is -2.29. The van der Waals surface area contributed by atoms with Gasteiger partial charge in [0.25, 0.3) is 0 Å². The second kappa shape index (κ2) is 6.53. The molecule has 0 amide bonds. The fraction of sp³-hybridized carbons (Fsp3) is 0.250. The van der Waals surface area contributed by atoms with Crippen LogP contribution in [-0.2, 0) is 5.41 Å². The van der Waals surface area contributed by atoms with E-state index >= 15 is 0 Å². The van der Waals surface area contributed by atoms with E-state index in [0.717, 1.165) is 18.7 Å². The number of rotatable bonds is 4. The molecule has 0 unspecified atom stereocenters. The Balaban J connectivity index is 1.77. The van der Waals surface area contributed by atoms with Crippen LogP contribution in [0, 0.1) is 0 Å². The number of para-hydroxylation sites is 1. The van der Waals surface area contributed by atoms with Gasteiger partial charge in [-0.3, -0.25) is 4.99 Å². The molecule has 0 saturated carbocycles. The van der Waals surface area contributed by atoms with Crippen molar-refractivity contribution in [1.29, 1.82) is 0 Å². The van der Waals surface area contributed by atoms with Gasteiger partial charge in [-0.2, -0.15) is 4.58 Å². The van der Waals surface area contributed by atoms with Gasteiger partial charge in [-0.1, -0.05) is 42.5 Å². The van der Waals surface area contributed by atoms with Gasteiger partial charge in [-0.05, 0) is 49.7 Å². The number of benzene rings is 3. The average Bonchev–Trinajstić information content (AvgIpc) is 2.89. The monoisotopic (exact) mass is 341 g/mol. The molecule has 130 valence electrons. The van der Waals surface area contributed by atoms with E-state index in [1.165, 1.54) is 27.7 Å². The van der Waals surface area contributed by atoms with Crippen LogP contribution in [0.5, 0.6) is 0 Å². The Morgan fingerprint density at radius 1 is 0.923 bits per heavy atom. The largest absolute Gasteiger partial charge is 0.261 e. The molecule has 2 heteroatoms. The molecule has 0 N–H and O–H groups in total. The molecule has 4 rings (SSSR count). The average molecular weight is 341 g/mol. The molecule has 0 aliphatic carbocycles. The second-order valence-electron chi connectivity index (χ2n) is 7.35. The predicted molar refractivity (Wildman–Crippen MR) is 112 cm³/mol. The number of hydrogen-bond donors (Lipinski definition) is 0. The Hall–Kier alpha value is -2.74. The minimum atomic E-state index is -0.00505. The first-order valence-corrected chi connectivity index (χ1v) is 9.36. The lowest BCUT2D eigenvalue weighted by Gasteiger charge is -2.18. The van der Waals surface area contributed by atoms with Gasteiger partial charge in [-0.15, -0.1) is 0 Å². The summed E-state index contributed by atoms with van der Waals surface area (Å²) in [5, 5.41) is 2.68. The number of aliphatic imine (C=N–C) groups is 1. The summed E-state index contributed by atoms with van der Waals surface area (Å²) < 4.78 is 2.47. The van der Waals surface area contributed by atoms with E-state index in [1.807, 2.05) is 30.3 Å². The topological polar surface area (TPSA) is 15.4 Å². The van der Waals surface area contributed by atoms with Crippen LogP contribution in [0.2, 0.25) is 0 Å². The van der Waals surface area contributed by atoms with Gasteiger partial charge < -0.3 is 0 Å². The molecule has 0 fully saturated rings. The van der Waals surface area contributed by atoms with Crippen molar-refractivity contribution < 1.29 is 4.58 Å². The maximum atomic E-state index is 4.66. The zero-order chi connectivity index (χ0) is 18.1. The number of fused-ring (bicyclic) bond motifs is 3. The third-order valence-corrected chi connectivity index (χ3v) is 5.47. The second-order valence-corrected chi connectivity index (χ2v) is 7.35. The lowest BCUT2D eigenvalue weighted by atomic mass is 9.78. The van der Waals surface area contributed by atoms with Crippen molar-refractivity contribution in [2.45, 2.75) is 32.6 Å². The summed E-state index contributed by atoms with van der Waals surface area (Å²) in [6, 6.07) is 23.4. The molecule has 0 spiro atoms. The standard InChI is InChI=1S/C24H25N2/c1-4-26-21-15-14-18-10-8-9-13-20(18)23(21)24(2,3)22(26)16-17-25-19-11-6-5-7-12-19/h5-15,17H,4,16H2,1-3H3/q+1. The molecule has 0 saturated heterocycles. The van der Waals surface area contributed by atoms with E-state index in [0.29, 0.717) is 0 Å². The number of nitrogens with zero attached hydrogens (tertiary/aromatic N) is 2. The van der Waals surface area contributed by atoms with Gasteiger partial charge in [-0.25, -0.2) is 0 Å². The lowest BCUT2D eigenvalue weighted by molar-refractivity contribution is -0.434. The minimum absolute atomic E-state index is 0.00505. The van der Waals surface area contributed by atoms with Gasteiger partial charge in [0.05, 0.1) is 17.5 Å². The minimum Gasteiger partial charge on any atom is -0.261 e. The van der Waals surface area contributed by atoms with Crippen LogP contribution in [0.1, 0.15) is 32.8 Å². The first-order chi connectivity index (χ1) is 12.6. The van der Waals surface area contributed by atoms with E-state index < -0.39 is 0 Å². The van der Waals surface area contributed by atoms with Gasteiger partial charge in [0.15, 0.2) is 5.71 Å². The van der Waals surface area contributed by atoms with Gasteiger partial charge in [0.2, 0.25) is 5.69 Å². The Morgan fingerprint density at radius 2 is 1.65 bits per heavy atom. The van der Waals surface area contributed by atoms with E-state index in [1.54, 1.807) is 0 Å². The van der Waals surface area contributed by atoms with Crippen molar-refractivity contribution in [3.8, 4) is 0 Å². The van der Waals surface area contributed by atoms with Gasteiger partial charge in [0, 0.05) is 17.8 Å². The van der Waals surface area contributed by atoms with Crippen LogP contribution in [0.15, 0.2) is 71.7 Å². The Labute approximate surface area is 155 Å². The summed E-state index contributed by atoms with van der Waals surface area (Å²) in [6.45, 7) is 7.90. The van der Waals surface area contributed by atoms with Crippen LogP contribution in [0.25, 0.3) is 10.8 Å². The van der Waals surface area contributed by atoms with Crippen LogP contribution < -0.4 is 0 Å². The molecule has 3 aromatic carbocycles. The third kappa shape index (κ3) is 2.66. The van der Waals surface area contributed by atoms with Gasteiger partial charge in [0.1, 0.15) is 6.54 Å². The molecular formula is C24H25N2+. The first kappa shape index (κ1) is 16.7. The molecule has 0 aromatic heterocycles. The van der Waals surface area contributed by atoms with Crippen LogP contribution in [0.4, 0.5) is 11.4 Å². The molecule has 0 radical (unpaired) electrons. The van der Waals surface area contributed by atoms with Gasteiger partial charge >= 0.3 is 0 Å². The van der Waals surface area contributed by atoms with Crippen molar-refractivity contribution in [2.75, 3.05) is 6.54 Å². The van der Waals surface area contributed by atoms with Crippen LogP contribution in [-0.4, -0.2) is 23.0 Å². The highest BCUT2D eigenvalue weighted by Crippen LogP contribution is 2.44. The van der Waals surface area contributed by atoms with Crippen molar-refractivity contribution >= 4 is 34.1 Å². The Kier molecular flexibility index (Phi) is 4.20. The molecule has 3 aromatic rings. The summed E-state index contributed by atoms with van der Waals surface area (Å²) in [5.74, 6) is 0. The summed E-state index contributed by atoms with van der Waals surface area (Å²) in [6.07, 6.45) is 2.92. The van der Waals surface area contributed by atoms with Crippen molar-refractivity contribution in [3.05, 3.63) is 72.3 Å². The molecule has 1 heterocycles. The summed E-state index contributed by atoms with van der Waals surface area (Å²) in [5.41, 5.74) is 5.22. The third-order valence-electron chi connectivity index (χ3n) is 5.47. The molecule has 1 aliphatic rings. The fourth-order valence-electron chi connectivity index (χ4n) is 4.25. The van der Waals surface area contributed by atoms with Crippen molar-refractivity contribution in [1.82, 2.24) is 0 Å². The SMILES string of the molecule is CC[N+]1=C(CC=Nc2ccccc2)C(C)(C)c2c1ccc1ccccc21. The molecule has 1 aliphatic heterocycles. The predicted octanol–water partition coefficient (Wildman–Crippen LogP) is 6.03. The normalized spacial score (nSPS) is 15.8. The van der Waals surface area contributed by atoms with Crippen molar-refractivity contribution in [3.63, 3.8) is 0 Å². The maximum absolute atomic E-state index is 4.66.